The van der Waals surface area contributed by atoms with Crippen LogP contribution in [-0.2, 0) is 6.54 Å². The number of rotatable bonds is 8. The minimum Gasteiger partial charge on any atom is -0.372 e. The van der Waals surface area contributed by atoms with Crippen LogP contribution in [0.3, 0.4) is 0 Å². The molecule has 2 rings (SSSR count). The van der Waals surface area contributed by atoms with Crippen molar-refractivity contribution in [3.05, 3.63) is 29.8 Å². The summed E-state index contributed by atoms with van der Waals surface area (Å²) in [5.41, 5.74) is 2.72. The largest absolute Gasteiger partial charge is 0.372 e. The third-order valence-electron chi connectivity index (χ3n) is 4.54. The van der Waals surface area contributed by atoms with Gasteiger partial charge in [-0.05, 0) is 50.6 Å². The van der Waals surface area contributed by atoms with Crippen LogP contribution in [0, 0.1) is 0 Å². The lowest BCUT2D eigenvalue weighted by Crippen LogP contribution is -2.43. The molecule has 1 aliphatic rings. The molecule has 3 heteroatoms. The maximum Gasteiger partial charge on any atom is 0.0366 e. The lowest BCUT2D eigenvalue weighted by Gasteiger charge is -2.40. The summed E-state index contributed by atoms with van der Waals surface area (Å²) in [6, 6.07) is 9.01. The molecule has 1 aromatic carbocycles. The minimum absolute atomic E-state index is 0.529. The Kier molecular flexibility index (Phi) is 5.79. The summed E-state index contributed by atoms with van der Waals surface area (Å²) in [6.45, 7) is 8.69. The molecular formula is C17H28N2S. The summed E-state index contributed by atoms with van der Waals surface area (Å²) in [5, 5.41) is 3.64. The van der Waals surface area contributed by atoms with Crippen LogP contribution in [0.2, 0.25) is 0 Å². The molecule has 1 N–H and O–H groups in total. The Morgan fingerprint density at radius 2 is 1.80 bits per heavy atom. The highest BCUT2D eigenvalue weighted by atomic mass is 32.2. The SMILES string of the molecule is CCN(CC)c1ccc(CNCC2(SC)CCC2)cc1. The zero-order chi connectivity index (χ0) is 14.4. The van der Waals surface area contributed by atoms with Crippen molar-refractivity contribution < 1.29 is 0 Å². The minimum atomic E-state index is 0.529. The third kappa shape index (κ3) is 3.70. The zero-order valence-electron chi connectivity index (χ0n) is 13.1. The number of nitrogens with one attached hydrogen (secondary N) is 1. The molecule has 0 atom stereocenters. The first-order chi connectivity index (χ1) is 9.73. The van der Waals surface area contributed by atoms with Crippen LogP contribution in [0.1, 0.15) is 38.7 Å². The molecule has 1 fully saturated rings. The van der Waals surface area contributed by atoms with Gasteiger partial charge in [0.2, 0.25) is 0 Å². The monoisotopic (exact) mass is 292 g/mol. The highest BCUT2D eigenvalue weighted by Gasteiger charge is 2.35. The highest BCUT2D eigenvalue weighted by Crippen LogP contribution is 2.42. The normalized spacial score (nSPS) is 16.8. The summed E-state index contributed by atoms with van der Waals surface area (Å²) in [5.74, 6) is 0. The predicted molar refractivity (Wildman–Crippen MR) is 91.8 cm³/mol. The Morgan fingerprint density at radius 3 is 2.25 bits per heavy atom. The molecule has 112 valence electrons. The lowest BCUT2D eigenvalue weighted by molar-refractivity contribution is 0.345. The van der Waals surface area contributed by atoms with Crippen LogP contribution in [-0.4, -0.2) is 30.6 Å². The Hall–Kier alpha value is -0.670. The van der Waals surface area contributed by atoms with Crippen LogP contribution in [0.25, 0.3) is 0 Å². The molecule has 2 nitrogen and oxygen atoms in total. The average Bonchev–Trinajstić information content (AvgIpc) is 2.45. The van der Waals surface area contributed by atoms with Crippen molar-refractivity contribution in [2.45, 2.75) is 44.4 Å². The molecule has 0 radical (unpaired) electrons. The van der Waals surface area contributed by atoms with Gasteiger partial charge in [0.25, 0.3) is 0 Å². The topological polar surface area (TPSA) is 15.3 Å². The van der Waals surface area contributed by atoms with E-state index in [1.54, 1.807) is 0 Å². The van der Waals surface area contributed by atoms with Crippen LogP contribution >= 0.6 is 11.8 Å². The number of benzene rings is 1. The van der Waals surface area contributed by atoms with E-state index in [4.69, 9.17) is 0 Å². The second-order valence-corrected chi connectivity index (χ2v) is 6.96. The standard InChI is InChI=1S/C17H28N2S/c1-4-19(5-2)16-9-7-15(8-10-16)13-18-14-17(20-3)11-6-12-17/h7-10,18H,4-6,11-14H2,1-3H3. The number of thioether (sulfide) groups is 1. The van der Waals surface area contributed by atoms with Crippen molar-refractivity contribution in [1.82, 2.24) is 5.32 Å². The Morgan fingerprint density at radius 1 is 1.15 bits per heavy atom. The van der Waals surface area contributed by atoms with E-state index < -0.39 is 0 Å². The van der Waals surface area contributed by atoms with Gasteiger partial charge in [-0.15, -0.1) is 0 Å². The summed E-state index contributed by atoms with van der Waals surface area (Å²) in [6.07, 6.45) is 6.41. The van der Waals surface area contributed by atoms with Crippen molar-refractivity contribution in [2.75, 3.05) is 30.8 Å². The molecule has 0 aromatic heterocycles. The Labute approximate surface area is 128 Å². The quantitative estimate of drug-likeness (QED) is 0.782. The number of hydrogen-bond donors (Lipinski definition) is 1. The summed E-state index contributed by atoms with van der Waals surface area (Å²) in [7, 11) is 0. The molecule has 0 spiro atoms. The summed E-state index contributed by atoms with van der Waals surface area (Å²) >= 11 is 2.04. The first kappa shape index (κ1) is 15.7. The fourth-order valence-electron chi connectivity index (χ4n) is 2.87. The third-order valence-corrected chi connectivity index (χ3v) is 5.96. The van der Waals surface area contributed by atoms with E-state index in [2.05, 4.69) is 54.6 Å². The van der Waals surface area contributed by atoms with Crippen molar-refractivity contribution >= 4 is 17.4 Å². The number of hydrogen-bond acceptors (Lipinski definition) is 3. The molecule has 0 bridgehead atoms. The fraction of sp³-hybridized carbons (Fsp3) is 0.647. The Bertz CT molecular complexity index is 388. The van der Waals surface area contributed by atoms with E-state index >= 15 is 0 Å². The van der Waals surface area contributed by atoms with Gasteiger partial charge in [0.15, 0.2) is 0 Å². The van der Waals surface area contributed by atoms with Gasteiger partial charge in [-0.3, -0.25) is 0 Å². The molecular weight excluding hydrogens is 264 g/mol. The maximum atomic E-state index is 3.64. The Balaban J connectivity index is 1.81. The van der Waals surface area contributed by atoms with E-state index in [-0.39, 0.29) is 0 Å². The van der Waals surface area contributed by atoms with E-state index in [1.165, 1.54) is 30.5 Å². The van der Waals surface area contributed by atoms with Gasteiger partial charge in [0.1, 0.15) is 0 Å². The van der Waals surface area contributed by atoms with E-state index in [9.17, 15) is 0 Å². The van der Waals surface area contributed by atoms with Crippen LogP contribution in [0.15, 0.2) is 24.3 Å². The zero-order valence-corrected chi connectivity index (χ0v) is 13.9. The van der Waals surface area contributed by atoms with Crippen molar-refractivity contribution in [3.8, 4) is 0 Å². The molecule has 1 aliphatic carbocycles. The van der Waals surface area contributed by atoms with Gasteiger partial charge in [0.05, 0.1) is 0 Å². The van der Waals surface area contributed by atoms with Gasteiger partial charge < -0.3 is 10.2 Å². The van der Waals surface area contributed by atoms with Gasteiger partial charge in [-0.25, -0.2) is 0 Å². The molecule has 0 heterocycles. The van der Waals surface area contributed by atoms with Gasteiger partial charge >= 0.3 is 0 Å². The fourth-order valence-corrected chi connectivity index (χ4v) is 3.82. The van der Waals surface area contributed by atoms with Crippen molar-refractivity contribution in [2.24, 2.45) is 0 Å². The van der Waals surface area contributed by atoms with Crippen LogP contribution in [0.5, 0.6) is 0 Å². The smallest absolute Gasteiger partial charge is 0.0366 e. The molecule has 1 aromatic rings. The lowest BCUT2D eigenvalue weighted by atomic mass is 9.84. The number of anilines is 1. The predicted octanol–water partition coefficient (Wildman–Crippen LogP) is 3.91. The van der Waals surface area contributed by atoms with Crippen molar-refractivity contribution in [1.29, 1.82) is 0 Å². The van der Waals surface area contributed by atoms with Crippen LogP contribution < -0.4 is 10.2 Å². The molecule has 1 saturated carbocycles. The van der Waals surface area contributed by atoms with Crippen molar-refractivity contribution in [3.63, 3.8) is 0 Å². The molecule has 0 amide bonds. The van der Waals surface area contributed by atoms with Gasteiger partial charge in [-0.2, -0.15) is 11.8 Å². The second kappa shape index (κ2) is 7.37. The van der Waals surface area contributed by atoms with Gasteiger partial charge in [0, 0.05) is 36.6 Å². The highest BCUT2D eigenvalue weighted by molar-refractivity contribution is 8.00. The molecule has 0 saturated heterocycles. The maximum absolute atomic E-state index is 3.64. The first-order valence-electron chi connectivity index (χ1n) is 7.83. The number of nitrogens with zero attached hydrogens (tertiary/aromatic N) is 1. The summed E-state index contributed by atoms with van der Waals surface area (Å²) < 4.78 is 0.529. The summed E-state index contributed by atoms with van der Waals surface area (Å²) in [4.78, 5) is 2.38. The second-order valence-electron chi connectivity index (χ2n) is 5.68. The molecule has 0 aliphatic heterocycles. The average molecular weight is 292 g/mol. The van der Waals surface area contributed by atoms with E-state index in [1.807, 2.05) is 11.8 Å². The van der Waals surface area contributed by atoms with Crippen LogP contribution in [0.4, 0.5) is 5.69 Å². The van der Waals surface area contributed by atoms with E-state index in [0.717, 1.165) is 26.2 Å². The molecule has 0 unspecified atom stereocenters. The van der Waals surface area contributed by atoms with Gasteiger partial charge in [-0.1, -0.05) is 18.6 Å². The van der Waals surface area contributed by atoms with E-state index in [0.29, 0.717) is 4.75 Å². The first-order valence-corrected chi connectivity index (χ1v) is 9.05. The molecule has 20 heavy (non-hydrogen) atoms.